The molecule has 1 aliphatic heterocycles. The van der Waals surface area contributed by atoms with Crippen LogP contribution in [0.1, 0.15) is 13.3 Å². The molecule has 1 aromatic heterocycles. The summed E-state index contributed by atoms with van der Waals surface area (Å²) < 4.78 is 0. The van der Waals surface area contributed by atoms with Gasteiger partial charge < -0.3 is 15.1 Å². The van der Waals surface area contributed by atoms with E-state index in [1.807, 2.05) is 4.90 Å². The highest BCUT2D eigenvalue weighted by molar-refractivity contribution is 6.28. The van der Waals surface area contributed by atoms with Crippen LogP contribution in [-0.2, 0) is 4.79 Å². The van der Waals surface area contributed by atoms with E-state index in [0.29, 0.717) is 25.0 Å². The number of carbonyl (C=O) groups is 1. The molecule has 7 nitrogen and oxygen atoms in total. The SMILES string of the molecule is CCCNc1nc(Cl)nc(N2CCN(C)C(=O)C2)n1. The molecule has 1 aromatic rings. The van der Waals surface area contributed by atoms with E-state index in [0.717, 1.165) is 13.0 Å². The predicted molar refractivity (Wildman–Crippen MR) is 73.5 cm³/mol. The normalized spacial score (nSPS) is 15.8. The maximum atomic E-state index is 11.7. The molecule has 0 unspecified atom stereocenters. The van der Waals surface area contributed by atoms with Crippen LogP contribution in [0.5, 0.6) is 0 Å². The van der Waals surface area contributed by atoms with Crippen LogP contribution >= 0.6 is 11.6 Å². The van der Waals surface area contributed by atoms with Crippen LogP contribution in [0.4, 0.5) is 11.9 Å². The van der Waals surface area contributed by atoms with Gasteiger partial charge in [-0.05, 0) is 18.0 Å². The number of nitrogens with zero attached hydrogens (tertiary/aromatic N) is 5. The van der Waals surface area contributed by atoms with Crippen molar-refractivity contribution in [2.75, 3.05) is 43.4 Å². The number of anilines is 2. The molecule has 1 fully saturated rings. The molecule has 1 N–H and O–H groups in total. The van der Waals surface area contributed by atoms with Crippen LogP contribution < -0.4 is 10.2 Å². The summed E-state index contributed by atoms with van der Waals surface area (Å²) in [4.78, 5) is 27.6. The molecule has 0 bridgehead atoms. The van der Waals surface area contributed by atoms with Crippen molar-refractivity contribution in [1.82, 2.24) is 19.9 Å². The van der Waals surface area contributed by atoms with Crippen molar-refractivity contribution in [3.63, 3.8) is 0 Å². The van der Waals surface area contributed by atoms with E-state index in [1.54, 1.807) is 11.9 Å². The Morgan fingerprint density at radius 1 is 1.32 bits per heavy atom. The molecule has 0 atom stereocenters. The highest BCUT2D eigenvalue weighted by Gasteiger charge is 2.23. The number of amides is 1. The Bertz CT molecular complexity index is 468. The number of hydrogen-bond donors (Lipinski definition) is 1. The third-order valence-electron chi connectivity index (χ3n) is 2.87. The minimum Gasteiger partial charge on any atom is -0.354 e. The summed E-state index contributed by atoms with van der Waals surface area (Å²) in [5.74, 6) is 0.939. The van der Waals surface area contributed by atoms with Crippen LogP contribution in [0.2, 0.25) is 5.28 Å². The van der Waals surface area contributed by atoms with Gasteiger partial charge in [-0.15, -0.1) is 0 Å². The van der Waals surface area contributed by atoms with Gasteiger partial charge in [0.1, 0.15) is 0 Å². The van der Waals surface area contributed by atoms with Gasteiger partial charge in [0.15, 0.2) is 0 Å². The Morgan fingerprint density at radius 3 is 2.79 bits per heavy atom. The molecule has 2 heterocycles. The minimum atomic E-state index is 0.0471. The minimum absolute atomic E-state index is 0.0471. The molecule has 0 aromatic carbocycles. The first-order valence-corrected chi connectivity index (χ1v) is 6.62. The van der Waals surface area contributed by atoms with E-state index in [1.165, 1.54) is 0 Å². The fourth-order valence-corrected chi connectivity index (χ4v) is 1.88. The molecule has 1 saturated heterocycles. The van der Waals surface area contributed by atoms with Crippen molar-refractivity contribution >= 4 is 29.4 Å². The smallest absolute Gasteiger partial charge is 0.242 e. The summed E-state index contributed by atoms with van der Waals surface area (Å²) >= 11 is 5.89. The lowest BCUT2D eigenvalue weighted by Crippen LogP contribution is -2.49. The van der Waals surface area contributed by atoms with E-state index >= 15 is 0 Å². The molecular formula is C11H17ClN6O. The monoisotopic (exact) mass is 284 g/mol. The molecular weight excluding hydrogens is 268 g/mol. The Hall–Kier alpha value is -1.63. The van der Waals surface area contributed by atoms with E-state index in [9.17, 15) is 4.79 Å². The third-order valence-corrected chi connectivity index (χ3v) is 3.04. The van der Waals surface area contributed by atoms with Gasteiger partial charge in [0, 0.05) is 26.7 Å². The van der Waals surface area contributed by atoms with Gasteiger partial charge in [-0.2, -0.15) is 15.0 Å². The van der Waals surface area contributed by atoms with Gasteiger partial charge in [0.05, 0.1) is 6.54 Å². The standard InChI is InChI=1S/C11H17ClN6O/c1-3-4-13-10-14-9(12)15-11(16-10)18-6-5-17(2)8(19)7-18/h3-7H2,1-2H3,(H,13,14,15,16). The Kier molecular flexibility index (Phi) is 4.36. The number of rotatable bonds is 4. The largest absolute Gasteiger partial charge is 0.354 e. The number of carbonyl (C=O) groups excluding carboxylic acids is 1. The van der Waals surface area contributed by atoms with E-state index < -0.39 is 0 Å². The zero-order valence-corrected chi connectivity index (χ0v) is 11.8. The average molecular weight is 285 g/mol. The molecule has 19 heavy (non-hydrogen) atoms. The fourth-order valence-electron chi connectivity index (χ4n) is 1.73. The molecule has 0 spiro atoms. The van der Waals surface area contributed by atoms with Crippen LogP contribution in [0.15, 0.2) is 0 Å². The summed E-state index contributed by atoms with van der Waals surface area (Å²) in [7, 11) is 1.79. The van der Waals surface area contributed by atoms with Crippen LogP contribution in [-0.4, -0.2) is 59.0 Å². The molecule has 0 aliphatic carbocycles. The van der Waals surface area contributed by atoms with Crippen molar-refractivity contribution in [2.24, 2.45) is 0 Å². The van der Waals surface area contributed by atoms with E-state index in [4.69, 9.17) is 11.6 Å². The molecule has 0 radical (unpaired) electrons. The van der Waals surface area contributed by atoms with Gasteiger partial charge in [0.2, 0.25) is 23.1 Å². The first-order chi connectivity index (χ1) is 9.10. The second-order valence-corrected chi connectivity index (χ2v) is 4.73. The lowest BCUT2D eigenvalue weighted by atomic mass is 10.3. The quantitative estimate of drug-likeness (QED) is 0.874. The predicted octanol–water partition coefficient (Wildman–Crippen LogP) is 0.625. The van der Waals surface area contributed by atoms with Gasteiger partial charge in [-0.25, -0.2) is 0 Å². The number of likely N-dealkylation sites (N-methyl/N-ethyl adjacent to an activating group) is 1. The molecule has 2 rings (SSSR count). The summed E-state index contributed by atoms with van der Waals surface area (Å²) in [6, 6.07) is 0. The Morgan fingerprint density at radius 2 is 2.11 bits per heavy atom. The van der Waals surface area contributed by atoms with Gasteiger partial charge >= 0.3 is 0 Å². The molecule has 1 amide bonds. The summed E-state index contributed by atoms with van der Waals surface area (Å²) in [6.45, 7) is 4.43. The fraction of sp³-hybridized carbons (Fsp3) is 0.636. The zero-order valence-electron chi connectivity index (χ0n) is 11.1. The van der Waals surface area contributed by atoms with Crippen molar-refractivity contribution in [2.45, 2.75) is 13.3 Å². The number of halogens is 1. The molecule has 1 aliphatic rings. The average Bonchev–Trinajstić information content (AvgIpc) is 2.39. The highest BCUT2D eigenvalue weighted by Crippen LogP contribution is 2.15. The van der Waals surface area contributed by atoms with Crippen molar-refractivity contribution < 1.29 is 4.79 Å². The van der Waals surface area contributed by atoms with E-state index in [2.05, 4.69) is 27.2 Å². The zero-order chi connectivity index (χ0) is 13.8. The highest BCUT2D eigenvalue weighted by atomic mass is 35.5. The van der Waals surface area contributed by atoms with Crippen LogP contribution in [0, 0.1) is 0 Å². The summed E-state index contributed by atoms with van der Waals surface area (Å²) in [6.07, 6.45) is 0.964. The maximum absolute atomic E-state index is 11.7. The number of nitrogens with one attached hydrogen (secondary N) is 1. The summed E-state index contributed by atoms with van der Waals surface area (Å²) in [5.41, 5.74) is 0. The first-order valence-electron chi connectivity index (χ1n) is 6.24. The number of hydrogen-bond acceptors (Lipinski definition) is 6. The third kappa shape index (κ3) is 3.44. The van der Waals surface area contributed by atoms with Crippen molar-refractivity contribution in [3.05, 3.63) is 5.28 Å². The van der Waals surface area contributed by atoms with Crippen molar-refractivity contribution in [3.8, 4) is 0 Å². The Labute approximate surface area is 117 Å². The van der Waals surface area contributed by atoms with Gasteiger partial charge in [-0.3, -0.25) is 4.79 Å². The van der Waals surface area contributed by atoms with Crippen LogP contribution in [0.25, 0.3) is 0 Å². The summed E-state index contributed by atoms with van der Waals surface area (Å²) in [5, 5.41) is 3.20. The Balaban J connectivity index is 2.15. The van der Waals surface area contributed by atoms with Crippen LogP contribution in [0.3, 0.4) is 0 Å². The lowest BCUT2D eigenvalue weighted by molar-refractivity contribution is -0.129. The number of piperazine rings is 1. The molecule has 0 saturated carbocycles. The van der Waals surface area contributed by atoms with E-state index in [-0.39, 0.29) is 17.7 Å². The number of aromatic nitrogens is 3. The molecule has 104 valence electrons. The molecule has 8 heteroatoms. The first kappa shape index (κ1) is 13.8. The van der Waals surface area contributed by atoms with Crippen molar-refractivity contribution in [1.29, 1.82) is 0 Å². The second kappa shape index (κ2) is 6.01. The van der Waals surface area contributed by atoms with Gasteiger partial charge in [-0.1, -0.05) is 6.92 Å². The lowest BCUT2D eigenvalue weighted by Gasteiger charge is -2.31. The second-order valence-electron chi connectivity index (χ2n) is 4.39. The van der Waals surface area contributed by atoms with Gasteiger partial charge in [0.25, 0.3) is 0 Å². The topological polar surface area (TPSA) is 74.2 Å². The maximum Gasteiger partial charge on any atom is 0.242 e.